The number of hydrogen-bond donors (Lipinski definition) is 0. The second-order valence-corrected chi connectivity index (χ2v) is 8.45. The minimum atomic E-state index is -0.508. The maximum atomic E-state index is 12.7. The Kier molecular flexibility index (Phi) is 4.54. The van der Waals surface area contributed by atoms with Crippen LogP contribution in [0.5, 0.6) is 0 Å². The van der Waals surface area contributed by atoms with Gasteiger partial charge in [-0.15, -0.1) is 0 Å². The highest BCUT2D eigenvalue weighted by Crippen LogP contribution is 2.41. The highest BCUT2D eigenvalue weighted by atomic mass is 16.6. The monoisotopic (exact) mass is 371 g/mol. The van der Waals surface area contributed by atoms with Crippen LogP contribution in [-0.4, -0.2) is 16.6 Å². The van der Waals surface area contributed by atoms with E-state index in [1.807, 2.05) is 39.0 Å². The highest BCUT2D eigenvalue weighted by molar-refractivity contribution is 6.07. The molecule has 142 valence electrons. The standard InChI is InChI=1S/C25H25NO2/c1-16-5-6-18-13-19(7-8-21(16)18)23-15-20(24(27)28-25(2,3)4)14-22(23)17-9-11-26-12-10-17/h7-13,15H,1,5-6,14H2,2-4H3. The molecule has 0 fully saturated rings. The SMILES string of the molecule is C=C1CCc2cc(C3=C(c4ccncc4)CC(C(=O)OC(C)(C)C)=C3)ccc21. The molecule has 28 heavy (non-hydrogen) atoms. The Bertz CT molecular complexity index is 1020. The lowest BCUT2D eigenvalue weighted by Crippen LogP contribution is -2.24. The number of carbonyl (C=O) groups excluding carboxylic acids is 1. The minimum Gasteiger partial charge on any atom is -0.457 e. The van der Waals surface area contributed by atoms with Crippen LogP contribution in [0, 0.1) is 0 Å². The second kappa shape index (κ2) is 6.90. The molecule has 0 radical (unpaired) electrons. The van der Waals surface area contributed by atoms with Gasteiger partial charge in [0.15, 0.2) is 0 Å². The number of aromatic nitrogens is 1. The van der Waals surface area contributed by atoms with Crippen molar-refractivity contribution in [2.75, 3.05) is 0 Å². The molecular formula is C25H25NO2. The van der Waals surface area contributed by atoms with E-state index in [4.69, 9.17) is 4.74 Å². The first kappa shape index (κ1) is 18.4. The Morgan fingerprint density at radius 1 is 1.07 bits per heavy atom. The van der Waals surface area contributed by atoms with Crippen LogP contribution >= 0.6 is 0 Å². The van der Waals surface area contributed by atoms with Gasteiger partial charge in [0.1, 0.15) is 5.60 Å². The number of rotatable bonds is 3. The lowest BCUT2D eigenvalue weighted by molar-refractivity contribution is -0.149. The summed E-state index contributed by atoms with van der Waals surface area (Å²) in [6.07, 6.45) is 8.19. The van der Waals surface area contributed by atoms with Gasteiger partial charge in [0, 0.05) is 24.4 Å². The van der Waals surface area contributed by atoms with Gasteiger partial charge < -0.3 is 4.74 Å². The Morgan fingerprint density at radius 2 is 1.82 bits per heavy atom. The van der Waals surface area contributed by atoms with Gasteiger partial charge in [-0.2, -0.15) is 0 Å². The fourth-order valence-electron chi connectivity index (χ4n) is 3.87. The van der Waals surface area contributed by atoms with E-state index in [-0.39, 0.29) is 5.97 Å². The molecule has 2 aliphatic carbocycles. The summed E-state index contributed by atoms with van der Waals surface area (Å²) in [7, 11) is 0. The molecule has 1 aromatic carbocycles. The largest absolute Gasteiger partial charge is 0.457 e. The molecule has 0 N–H and O–H groups in total. The number of esters is 1. The maximum absolute atomic E-state index is 12.7. The number of pyridine rings is 1. The fourth-order valence-corrected chi connectivity index (χ4v) is 3.87. The van der Waals surface area contributed by atoms with Crippen LogP contribution in [-0.2, 0) is 16.0 Å². The predicted molar refractivity (Wildman–Crippen MR) is 113 cm³/mol. The molecule has 0 atom stereocenters. The van der Waals surface area contributed by atoms with Crippen molar-refractivity contribution in [3.05, 3.63) is 83.2 Å². The molecule has 1 aromatic heterocycles. The van der Waals surface area contributed by atoms with Gasteiger partial charge in [-0.3, -0.25) is 4.98 Å². The molecule has 2 aliphatic rings. The van der Waals surface area contributed by atoms with Gasteiger partial charge >= 0.3 is 5.97 Å². The molecule has 0 unspecified atom stereocenters. The van der Waals surface area contributed by atoms with Crippen molar-refractivity contribution in [3.8, 4) is 0 Å². The molecule has 4 rings (SSSR count). The molecule has 1 heterocycles. The maximum Gasteiger partial charge on any atom is 0.334 e. The highest BCUT2D eigenvalue weighted by Gasteiger charge is 2.27. The number of hydrogen-bond acceptors (Lipinski definition) is 3. The molecule has 2 aromatic rings. The zero-order chi connectivity index (χ0) is 19.9. The van der Waals surface area contributed by atoms with E-state index in [1.165, 1.54) is 16.7 Å². The van der Waals surface area contributed by atoms with Crippen LogP contribution in [0.2, 0.25) is 0 Å². The van der Waals surface area contributed by atoms with Gasteiger partial charge in [-0.25, -0.2) is 4.79 Å². The molecule has 0 aliphatic heterocycles. The quantitative estimate of drug-likeness (QED) is 0.657. The topological polar surface area (TPSA) is 39.2 Å². The van der Waals surface area contributed by atoms with E-state index in [1.54, 1.807) is 12.4 Å². The van der Waals surface area contributed by atoms with Crippen LogP contribution in [0.25, 0.3) is 16.7 Å². The third-order valence-electron chi connectivity index (χ3n) is 5.19. The Hall–Kier alpha value is -2.94. The normalized spacial score (nSPS) is 16.2. The van der Waals surface area contributed by atoms with Crippen LogP contribution in [0.15, 0.2) is 61.0 Å². The van der Waals surface area contributed by atoms with Crippen LogP contribution in [0.1, 0.15) is 55.9 Å². The first-order valence-corrected chi connectivity index (χ1v) is 9.71. The summed E-state index contributed by atoms with van der Waals surface area (Å²) in [6, 6.07) is 10.5. The first-order chi connectivity index (χ1) is 13.3. The fraction of sp³-hybridized carbons (Fsp3) is 0.280. The van der Waals surface area contributed by atoms with Crippen molar-refractivity contribution in [1.29, 1.82) is 0 Å². The van der Waals surface area contributed by atoms with E-state index < -0.39 is 5.60 Å². The van der Waals surface area contributed by atoms with Crippen molar-refractivity contribution in [1.82, 2.24) is 4.98 Å². The molecular weight excluding hydrogens is 346 g/mol. The summed E-state index contributed by atoms with van der Waals surface area (Å²) in [6.45, 7) is 9.85. The van der Waals surface area contributed by atoms with Gasteiger partial charge in [0.2, 0.25) is 0 Å². The van der Waals surface area contributed by atoms with E-state index in [0.717, 1.165) is 35.1 Å². The Labute approximate surface area is 166 Å². The Morgan fingerprint density at radius 3 is 2.54 bits per heavy atom. The van der Waals surface area contributed by atoms with Crippen molar-refractivity contribution in [2.45, 2.75) is 45.6 Å². The lowest BCUT2D eigenvalue weighted by Gasteiger charge is -2.20. The summed E-state index contributed by atoms with van der Waals surface area (Å²) in [4.78, 5) is 16.8. The Balaban J connectivity index is 1.76. The summed E-state index contributed by atoms with van der Waals surface area (Å²) in [5, 5.41) is 0. The van der Waals surface area contributed by atoms with E-state index in [9.17, 15) is 4.79 Å². The number of allylic oxidation sites excluding steroid dienone is 4. The zero-order valence-corrected chi connectivity index (χ0v) is 16.7. The molecule has 0 spiro atoms. The average molecular weight is 371 g/mol. The second-order valence-electron chi connectivity index (χ2n) is 8.45. The molecule has 3 nitrogen and oxygen atoms in total. The third kappa shape index (κ3) is 3.57. The van der Waals surface area contributed by atoms with Crippen molar-refractivity contribution < 1.29 is 9.53 Å². The van der Waals surface area contributed by atoms with Crippen LogP contribution in [0.4, 0.5) is 0 Å². The minimum absolute atomic E-state index is 0.247. The van der Waals surface area contributed by atoms with Crippen molar-refractivity contribution in [3.63, 3.8) is 0 Å². The van der Waals surface area contributed by atoms with E-state index in [2.05, 4.69) is 29.8 Å². The average Bonchev–Trinajstić information content (AvgIpc) is 3.25. The smallest absolute Gasteiger partial charge is 0.334 e. The molecule has 3 heteroatoms. The number of benzene rings is 1. The molecule has 0 bridgehead atoms. The van der Waals surface area contributed by atoms with Crippen LogP contribution < -0.4 is 0 Å². The third-order valence-corrected chi connectivity index (χ3v) is 5.19. The summed E-state index contributed by atoms with van der Waals surface area (Å²) in [5.41, 5.74) is 8.46. The number of ether oxygens (including phenoxy) is 1. The predicted octanol–water partition coefficient (Wildman–Crippen LogP) is 5.62. The number of aryl methyl sites for hydroxylation is 1. The van der Waals surface area contributed by atoms with Crippen molar-refractivity contribution >= 4 is 22.7 Å². The zero-order valence-electron chi connectivity index (χ0n) is 16.7. The van der Waals surface area contributed by atoms with Gasteiger partial charge in [-0.1, -0.05) is 24.8 Å². The summed E-state index contributed by atoms with van der Waals surface area (Å²) in [5.74, 6) is -0.247. The van der Waals surface area contributed by atoms with Gasteiger partial charge in [0.05, 0.1) is 0 Å². The van der Waals surface area contributed by atoms with Gasteiger partial charge in [-0.05, 0) is 90.8 Å². The number of nitrogens with zero attached hydrogens (tertiary/aromatic N) is 1. The van der Waals surface area contributed by atoms with E-state index >= 15 is 0 Å². The molecule has 0 saturated carbocycles. The van der Waals surface area contributed by atoms with Crippen molar-refractivity contribution in [2.24, 2.45) is 0 Å². The number of fused-ring (bicyclic) bond motifs is 1. The number of carbonyl (C=O) groups is 1. The van der Waals surface area contributed by atoms with E-state index in [0.29, 0.717) is 12.0 Å². The first-order valence-electron chi connectivity index (χ1n) is 9.71. The molecule has 0 saturated heterocycles. The van der Waals surface area contributed by atoms with Gasteiger partial charge in [0.25, 0.3) is 0 Å². The summed E-state index contributed by atoms with van der Waals surface area (Å²) >= 11 is 0. The molecule has 0 amide bonds. The summed E-state index contributed by atoms with van der Waals surface area (Å²) < 4.78 is 5.62. The lowest BCUT2D eigenvalue weighted by atomic mass is 9.95. The van der Waals surface area contributed by atoms with Crippen LogP contribution in [0.3, 0.4) is 0 Å².